The number of fused-ring (bicyclic) bond motifs is 1. The number of hydrogen-bond acceptors (Lipinski definition) is 7. The molecular formula is C21H17BrN4O3S2. The number of nitrogens with one attached hydrogen (secondary N) is 1. The van der Waals surface area contributed by atoms with E-state index in [0.29, 0.717) is 29.3 Å². The minimum Gasteiger partial charge on any atom is -0.490 e. The lowest BCUT2D eigenvalue weighted by Gasteiger charge is -2.23. The highest BCUT2D eigenvalue weighted by atomic mass is 79.9. The summed E-state index contributed by atoms with van der Waals surface area (Å²) in [4.78, 5) is 18.1. The summed E-state index contributed by atoms with van der Waals surface area (Å²) >= 11 is 6.02. The maximum Gasteiger partial charge on any atom is 0.283 e. The maximum atomic E-state index is 12.4. The van der Waals surface area contributed by atoms with Gasteiger partial charge in [-0.05, 0) is 58.1 Å². The Morgan fingerprint density at radius 3 is 2.71 bits per heavy atom. The van der Waals surface area contributed by atoms with E-state index in [9.17, 15) is 4.79 Å². The Morgan fingerprint density at radius 2 is 1.97 bits per heavy atom. The normalized spacial score (nSPS) is 16.8. The number of benzene rings is 2. The number of hydrogen-bond donors (Lipinski definition) is 1. The second kappa shape index (κ2) is 9.71. The summed E-state index contributed by atoms with van der Waals surface area (Å²) in [6, 6.07) is 15.0. The third kappa shape index (κ3) is 4.86. The van der Waals surface area contributed by atoms with Crippen molar-refractivity contribution in [1.82, 2.24) is 4.90 Å². The zero-order valence-electron chi connectivity index (χ0n) is 16.4. The lowest BCUT2D eigenvalue weighted by atomic mass is 10.1. The highest BCUT2D eigenvalue weighted by Gasteiger charge is 2.36. The summed E-state index contributed by atoms with van der Waals surface area (Å²) in [6.07, 6.45) is 3.52. The molecule has 0 saturated heterocycles. The van der Waals surface area contributed by atoms with Gasteiger partial charge < -0.3 is 9.47 Å². The van der Waals surface area contributed by atoms with Crippen molar-refractivity contribution < 1.29 is 14.3 Å². The van der Waals surface area contributed by atoms with Gasteiger partial charge in [0.15, 0.2) is 5.17 Å². The number of carbonyl (C=O) groups excluding carboxylic acids is 1. The lowest BCUT2D eigenvalue weighted by molar-refractivity contribution is -0.114. The number of nitrogens with zero attached hydrogens (tertiary/aromatic N) is 3. The molecule has 1 amide bonds. The molecule has 4 rings (SSSR count). The zero-order valence-corrected chi connectivity index (χ0v) is 19.6. The van der Waals surface area contributed by atoms with E-state index in [1.54, 1.807) is 11.0 Å². The number of aliphatic imine (C=N–C) groups is 1. The van der Waals surface area contributed by atoms with Crippen molar-refractivity contribution in [3.63, 3.8) is 0 Å². The average molecular weight is 517 g/mol. The van der Waals surface area contributed by atoms with Crippen LogP contribution < -0.4 is 9.47 Å². The van der Waals surface area contributed by atoms with Gasteiger partial charge in [0.25, 0.3) is 5.91 Å². The van der Waals surface area contributed by atoms with Gasteiger partial charge in [-0.3, -0.25) is 10.2 Å². The standard InChI is InChI=1S/C21H17BrN4O3S2/c1-30-21-25-31-20-24-19(27)15(18(23)26(20)21)11-13-7-8-17(16(22)12-13)29-10-9-28-14-5-3-2-4-6-14/h2-8,11-12,23H,9-10H2,1H3/b15-11-,23-18?. The van der Waals surface area contributed by atoms with Crippen LogP contribution in [0.4, 0.5) is 0 Å². The van der Waals surface area contributed by atoms with Crippen molar-refractivity contribution in [2.45, 2.75) is 0 Å². The molecule has 0 fully saturated rings. The molecule has 0 radical (unpaired) electrons. The van der Waals surface area contributed by atoms with Crippen LogP contribution in [-0.2, 0) is 4.79 Å². The van der Waals surface area contributed by atoms with E-state index < -0.39 is 5.91 Å². The Kier molecular flexibility index (Phi) is 6.79. The van der Waals surface area contributed by atoms with E-state index in [4.69, 9.17) is 14.9 Å². The highest BCUT2D eigenvalue weighted by Crippen LogP contribution is 2.32. The van der Waals surface area contributed by atoms with E-state index >= 15 is 0 Å². The van der Waals surface area contributed by atoms with Crippen molar-refractivity contribution in [3.05, 3.63) is 64.1 Å². The van der Waals surface area contributed by atoms with Crippen LogP contribution in [0.3, 0.4) is 0 Å². The topological polar surface area (TPSA) is 87.3 Å². The van der Waals surface area contributed by atoms with Crippen LogP contribution in [0.15, 0.2) is 68.0 Å². The Hall–Kier alpha value is -2.56. The molecule has 0 unspecified atom stereocenters. The number of ether oxygens (including phenoxy) is 2. The van der Waals surface area contributed by atoms with Gasteiger partial charge in [0.1, 0.15) is 30.5 Å². The summed E-state index contributed by atoms with van der Waals surface area (Å²) in [7, 11) is 0. The quantitative estimate of drug-likeness (QED) is 0.335. The molecule has 0 saturated carbocycles. The number of thioether (sulfide) groups is 1. The van der Waals surface area contributed by atoms with Gasteiger partial charge in [-0.15, -0.1) is 0 Å². The molecule has 2 aliphatic rings. The first kappa shape index (κ1) is 21.7. The third-order valence-electron chi connectivity index (χ3n) is 4.30. The Labute approximate surface area is 196 Å². The fourth-order valence-electron chi connectivity index (χ4n) is 2.85. The molecule has 158 valence electrons. The molecule has 2 aliphatic heterocycles. The minimum atomic E-state index is -0.448. The zero-order chi connectivity index (χ0) is 21.8. The van der Waals surface area contributed by atoms with Crippen LogP contribution in [-0.4, -0.2) is 46.4 Å². The van der Waals surface area contributed by atoms with Crippen LogP contribution in [0.5, 0.6) is 11.5 Å². The molecule has 0 aliphatic carbocycles. The van der Waals surface area contributed by atoms with E-state index in [-0.39, 0.29) is 11.4 Å². The maximum absolute atomic E-state index is 12.4. The summed E-state index contributed by atoms with van der Waals surface area (Å²) in [5.74, 6) is 1.08. The van der Waals surface area contributed by atoms with Crippen LogP contribution in [0.25, 0.3) is 6.08 Å². The predicted molar refractivity (Wildman–Crippen MR) is 130 cm³/mol. The summed E-state index contributed by atoms with van der Waals surface area (Å²) in [5.41, 5.74) is 0.964. The summed E-state index contributed by atoms with van der Waals surface area (Å²) in [6.45, 7) is 0.805. The van der Waals surface area contributed by atoms with Crippen molar-refractivity contribution in [3.8, 4) is 11.5 Å². The molecule has 2 aromatic rings. The molecule has 1 N–H and O–H groups in total. The predicted octanol–water partition coefficient (Wildman–Crippen LogP) is 4.85. The van der Waals surface area contributed by atoms with Gasteiger partial charge in [-0.1, -0.05) is 36.0 Å². The molecule has 7 nitrogen and oxygen atoms in total. The lowest BCUT2D eigenvalue weighted by Crippen LogP contribution is -2.41. The molecule has 0 bridgehead atoms. The first-order valence-electron chi connectivity index (χ1n) is 9.20. The third-order valence-corrected chi connectivity index (χ3v) is 6.37. The second-order valence-electron chi connectivity index (χ2n) is 6.31. The van der Waals surface area contributed by atoms with Crippen molar-refractivity contribution >= 4 is 67.8 Å². The number of carbonyl (C=O) groups is 1. The van der Waals surface area contributed by atoms with E-state index in [1.165, 1.54) is 11.8 Å². The number of halogens is 1. The second-order valence-corrected chi connectivity index (χ2v) is 8.67. The Bertz CT molecular complexity index is 1120. The average Bonchev–Trinajstić information content (AvgIpc) is 3.19. The van der Waals surface area contributed by atoms with Crippen molar-refractivity contribution in [1.29, 1.82) is 5.41 Å². The number of amides is 1. The van der Waals surface area contributed by atoms with Gasteiger partial charge in [0, 0.05) is 0 Å². The van der Waals surface area contributed by atoms with Gasteiger partial charge in [-0.25, -0.2) is 4.90 Å². The molecular weight excluding hydrogens is 500 g/mol. The molecule has 0 atom stereocenters. The Balaban J connectivity index is 1.43. The molecule has 10 heteroatoms. The van der Waals surface area contributed by atoms with E-state index in [1.807, 2.05) is 54.8 Å². The first-order chi connectivity index (χ1) is 15.1. The number of amidine groups is 3. The fraction of sp³-hybridized carbons (Fsp3) is 0.143. The first-order valence-corrected chi connectivity index (χ1v) is 12.0. The molecule has 0 aromatic heterocycles. The van der Waals surface area contributed by atoms with Gasteiger partial charge in [0.05, 0.1) is 22.0 Å². The Morgan fingerprint density at radius 1 is 1.19 bits per heavy atom. The van der Waals surface area contributed by atoms with Crippen molar-refractivity contribution in [2.24, 2.45) is 9.39 Å². The van der Waals surface area contributed by atoms with Gasteiger partial charge in [-0.2, -0.15) is 9.39 Å². The van der Waals surface area contributed by atoms with E-state index in [2.05, 4.69) is 25.3 Å². The largest absolute Gasteiger partial charge is 0.490 e. The number of para-hydroxylation sites is 1. The summed E-state index contributed by atoms with van der Waals surface area (Å²) in [5, 5.41) is 9.51. The smallest absolute Gasteiger partial charge is 0.283 e. The fourth-order valence-corrected chi connectivity index (χ4v) is 4.81. The van der Waals surface area contributed by atoms with Crippen LogP contribution in [0, 0.1) is 5.41 Å². The van der Waals surface area contributed by atoms with E-state index in [0.717, 1.165) is 27.7 Å². The minimum absolute atomic E-state index is 0.0719. The molecule has 31 heavy (non-hydrogen) atoms. The van der Waals surface area contributed by atoms with Crippen LogP contribution >= 0.6 is 39.6 Å². The highest BCUT2D eigenvalue weighted by molar-refractivity contribution is 9.10. The van der Waals surface area contributed by atoms with Crippen LogP contribution in [0.1, 0.15) is 5.56 Å². The SMILES string of the molecule is CSC1=NSC2=NC(=O)/C(=C\c3ccc(OCCOc4ccccc4)c(Br)c3)C(=N)N12. The van der Waals surface area contributed by atoms with Crippen molar-refractivity contribution in [2.75, 3.05) is 19.5 Å². The number of rotatable bonds is 6. The van der Waals surface area contributed by atoms with Gasteiger partial charge in [0.2, 0.25) is 5.17 Å². The van der Waals surface area contributed by atoms with Gasteiger partial charge >= 0.3 is 0 Å². The molecule has 0 spiro atoms. The monoisotopic (exact) mass is 516 g/mol. The summed E-state index contributed by atoms with van der Waals surface area (Å²) < 4.78 is 16.4. The van der Waals surface area contributed by atoms with Crippen LogP contribution in [0.2, 0.25) is 0 Å². The molecule has 2 heterocycles. The molecule has 2 aromatic carbocycles.